The lowest BCUT2D eigenvalue weighted by Gasteiger charge is -2.35. The third-order valence-electron chi connectivity index (χ3n) is 6.25. The monoisotopic (exact) mass is 350 g/mol. The summed E-state index contributed by atoms with van der Waals surface area (Å²) in [4.78, 5) is 28.9. The Morgan fingerprint density at radius 3 is 2.20 bits per heavy atom. The molecule has 0 aromatic carbocycles. The molecule has 2 amide bonds. The van der Waals surface area contributed by atoms with E-state index in [0.29, 0.717) is 25.5 Å². The molecule has 1 saturated carbocycles. The smallest absolute Gasteiger partial charge is 0.225 e. The maximum atomic E-state index is 12.5. The van der Waals surface area contributed by atoms with Gasteiger partial charge < -0.3 is 14.5 Å². The Hall–Kier alpha value is -1.10. The van der Waals surface area contributed by atoms with E-state index in [4.69, 9.17) is 4.74 Å². The number of amides is 2. The number of nitrogens with zero attached hydrogens (tertiary/aromatic N) is 2. The zero-order valence-corrected chi connectivity index (χ0v) is 15.6. The zero-order chi connectivity index (χ0) is 17.5. The van der Waals surface area contributed by atoms with Gasteiger partial charge in [0.2, 0.25) is 11.8 Å². The minimum Gasteiger partial charge on any atom is -0.378 e. The van der Waals surface area contributed by atoms with Crippen molar-refractivity contribution in [1.29, 1.82) is 0 Å². The highest BCUT2D eigenvalue weighted by Crippen LogP contribution is 2.28. The first-order chi connectivity index (χ1) is 12.2. The molecule has 3 aliphatic rings. The molecule has 0 N–H and O–H groups in total. The van der Waals surface area contributed by atoms with Crippen LogP contribution < -0.4 is 0 Å². The Balaban J connectivity index is 1.33. The lowest BCUT2D eigenvalue weighted by Crippen LogP contribution is -2.47. The first-order valence-corrected chi connectivity index (χ1v) is 10.4. The lowest BCUT2D eigenvalue weighted by molar-refractivity contribution is -0.143. The number of carbonyl (C=O) groups is 2. The van der Waals surface area contributed by atoms with Crippen molar-refractivity contribution >= 4 is 11.8 Å². The standard InChI is InChI=1S/C20H34N2O3/c23-19(8-4-7-17-5-2-1-3-6-17)21-11-9-18(10-12-21)20(24)22-13-15-25-16-14-22/h17-18H,1-16H2. The summed E-state index contributed by atoms with van der Waals surface area (Å²) in [6.07, 6.45) is 11.5. The van der Waals surface area contributed by atoms with Crippen LogP contribution >= 0.6 is 0 Å². The highest BCUT2D eigenvalue weighted by molar-refractivity contribution is 5.80. The summed E-state index contributed by atoms with van der Waals surface area (Å²) in [7, 11) is 0. The summed E-state index contributed by atoms with van der Waals surface area (Å²) >= 11 is 0. The van der Waals surface area contributed by atoms with Gasteiger partial charge in [0.1, 0.15) is 0 Å². The fraction of sp³-hybridized carbons (Fsp3) is 0.900. The van der Waals surface area contributed by atoms with E-state index in [1.165, 1.54) is 38.5 Å². The van der Waals surface area contributed by atoms with Crippen LogP contribution in [0.15, 0.2) is 0 Å². The Labute approximate surface area is 152 Å². The van der Waals surface area contributed by atoms with Gasteiger partial charge in [-0.2, -0.15) is 0 Å². The highest BCUT2D eigenvalue weighted by atomic mass is 16.5. The maximum absolute atomic E-state index is 12.5. The summed E-state index contributed by atoms with van der Waals surface area (Å²) in [5.41, 5.74) is 0. The van der Waals surface area contributed by atoms with Gasteiger partial charge in [-0.15, -0.1) is 0 Å². The normalized spacial score (nSPS) is 23.7. The largest absolute Gasteiger partial charge is 0.378 e. The van der Waals surface area contributed by atoms with Crippen LogP contribution in [0.5, 0.6) is 0 Å². The number of carbonyl (C=O) groups excluding carboxylic acids is 2. The molecular formula is C20H34N2O3. The second kappa shape index (κ2) is 9.56. The van der Waals surface area contributed by atoms with Gasteiger partial charge in [-0.25, -0.2) is 0 Å². The number of hydrogen-bond donors (Lipinski definition) is 0. The third-order valence-corrected chi connectivity index (χ3v) is 6.25. The molecule has 2 heterocycles. The molecule has 2 aliphatic heterocycles. The molecule has 0 unspecified atom stereocenters. The Kier molecular flexibility index (Phi) is 7.14. The van der Waals surface area contributed by atoms with Crippen LogP contribution in [-0.2, 0) is 14.3 Å². The number of hydrogen-bond acceptors (Lipinski definition) is 3. The summed E-state index contributed by atoms with van der Waals surface area (Å²) < 4.78 is 5.32. The quantitative estimate of drug-likeness (QED) is 0.766. The molecule has 0 atom stereocenters. The van der Waals surface area contributed by atoms with E-state index in [2.05, 4.69) is 0 Å². The second-order valence-electron chi connectivity index (χ2n) is 7.99. The molecule has 3 rings (SSSR count). The molecule has 5 nitrogen and oxygen atoms in total. The average Bonchev–Trinajstić information content (AvgIpc) is 2.69. The van der Waals surface area contributed by atoms with Crippen LogP contribution in [0.4, 0.5) is 0 Å². The Morgan fingerprint density at radius 2 is 1.52 bits per heavy atom. The van der Waals surface area contributed by atoms with Gasteiger partial charge in [0.25, 0.3) is 0 Å². The zero-order valence-electron chi connectivity index (χ0n) is 15.6. The minimum atomic E-state index is 0.101. The first-order valence-electron chi connectivity index (χ1n) is 10.4. The number of morpholine rings is 1. The van der Waals surface area contributed by atoms with E-state index in [-0.39, 0.29) is 11.8 Å². The summed E-state index contributed by atoms with van der Waals surface area (Å²) in [5.74, 6) is 1.53. The van der Waals surface area contributed by atoms with Gasteiger partial charge in [-0.3, -0.25) is 9.59 Å². The molecule has 0 aromatic heterocycles. The van der Waals surface area contributed by atoms with E-state index in [0.717, 1.165) is 51.4 Å². The molecule has 1 aliphatic carbocycles. The topological polar surface area (TPSA) is 49.9 Å². The maximum Gasteiger partial charge on any atom is 0.225 e. The van der Waals surface area contributed by atoms with Crippen LogP contribution in [-0.4, -0.2) is 61.0 Å². The van der Waals surface area contributed by atoms with Gasteiger partial charge in [0, 0.05) is 38.5 Å². The van der Waals surface area contributed by atoms with Crippen molar-refractivity contribution in [1.82, 2.24) is 9.80 Å². The number of ether oxygens (including phenoxy) is 1. The SMILES string of the molecule is O=C(CCCC1CCCCC1)N1CCC(C(=O)N2CCOCC2)CC1. The van der Waals surface area contributed by atoms with Crippen molar-refractivity contribution in [3.05, 3.63) is 0 Å². The van der Waals surface area contributed by atoms with Gasteiger partial charge in [-0.05, 0) is 31.6 Å². The molecule has 3 fully saturated rings. The van der Waals surface area contributed by atoms with Crippen LogP contribution in [0.3, 0.4) is 0 Å². The predicted molar refractivity (Wildman–Crippen MR) is 97.1 cm³/mol. The van der Waals surface area contributed by atoms with E-state index in [1.807, 2.05) is 9.80 Å². The van der Waals surface area contributed by atoms with Gasteiger partial charge in [0.15, 0.2) is 0 Å². The van der Waals surface area contributed by atoms with Crippen LogP contribution in [0.2, 0.25) is 0 Å². The van der Waals surface area contributed by atoms with Crippen molar-refractivity contribution in [2.24, 2.45) is 11.8 Å². The minimum absolute atomic E-state index is 0.101. The molecule has 0 bridgehead atoms. The molecule has 142 valence electrons. The molecule has 5 heteroatoms. The first kappa shape index (κ1) is 18.7. The van der Waals surface area contributed by atoms with E-state index < -0.39 is 0 Å². The highest BCUT2D eigenvalue weighted by Gasteiger charge is 2.30. The Morgan fingerprint density at radius 1 is 0.840 bits per heavy atom. The Bertz CT molecular complexity index is 434. The van der Waals surface area contributed by atoms with Crippen LogP contribution in [0.1, 0.15) is 64.2 Å². The predicted octanol–water partition coefficient (Wildman–Crippen LogP) is 2.83. The van der Waals surface area contributed by atoms with Crippen LogP contribution in [0, 0.1) is 11.8 Å². The molecule has 0 spiro atoms. The summed E-state index contributed by atoms with van der Waals surface area (Å²) in [5, 5.41) is 0. The number of likely N-dealkylation sites (tertiary alicyclic amines) is 1. The van der Waals surface area contributed by atoms with E-state index in [1.54, 1.807) is 0 Å². The molecule has 25 heavy (non-hydrogen) atoms. The van der Waals surface area contributed by atoms with Crippen molar-refractivity contribution in [2.75, 3.05) is 39.4 Å². The summed E-state index contributed by atoms with van der Waals surface area (Å²) in [6, 6.07) is 0. The molecular weight excluding hydrogens is 316 g/mol. The fourth-order valence-electron chi connectivity index (χ4n) is 4.59. The van der Waals surface area contributed by atoms with E-state index in [9.17, 15) is 9.59 Å². The van der Waals surface area contributed by atoms with E-state index >= 15 is 0 Å². The van der Waals surface area contributed by atoms with Gasteiger partial charge in [0.05, 0.1) is 13.2 Å². The van der Waals surface area contributed by atoms with Crippen LogP contribution in [0.25, 0.3) is 0 Å². The van der Waals surface area contributed by atoms with Crippen molar-refractivity contribution in [2.45, 2.75) is 64.2 Å². The summed E-state index contributed by atoms with van der Waals surface area (Å²) in [6.45, 7) is 4.26. The van der Waals surface area contributed by atoms with Crippen molar-refractivity contribution < 1.29 is 14.3 Å². The number of rotatable bonds is 5. The molecule has 2 saturated heterocycles. The van der Waals surface area contributed by atoms with Gasteiger partial charge >= 0.3 is 0 Å². The average molecular weight is 351 g/mol. The fourth-order valence-corrected chi connectivity index (χ4v) is 4.59. The second-order valence-corrected chi connectivity index (χ2v) is 7.99. The number of piperidine rings is 1. The molecule has 0 radical (unpaired) electrons. The van der Waals surface area contributed by atoms with Gasteiger partial charge in [-0.1, -0.05) is 32.1 Å². The lowest BCUT2D eigenvalue weighted by atomic mass is 9.86. The van der Waals surface area contributed by atoms with Crippen molar-refractivity contribution in [3.63, 3.8) is 0 Å². The molecule has 0 aromatic rings. The van der Waals surface area contributed by atoms with Crippen molar-refractivity contribution in [3.8, 4) is 0 Å². The third kappa shape index (κ3) is 5.44.